The number of hydrogen-bond acceptors (Lipinski definition) is 2. The van der Waals surface area contributed by atoms with Crippen LogP contribution < -0.4 is 0 Å². The number of halogens is 1. The van der Waals surface area contributed by atoms with Gasteiger partial charge in [-0.05, 0) is 106 Å². The molecular formula is C24H35BrO2. The molecule has 5 fully saturated rings. The number of alkyl halides is 1. The summed E-state index contributed by atoms with van der Waals surface area (Å²) in [5, 5.41) is 11.1. The van der Waals surface area contributed by atoms with Gasteiger partial charge in [0.1, 0.15) is 5.78 Å². The maximum Gasteiger partial charge on any atom is 0.147 e. The minimum absolute atomic E-state index is 0.198. The number of carbonyl (C=O) groups is 1. The van der Waals surface area contributed by atoms with Gasteiger partial charge in [-0.3, -0.25) is 4.79 Å². The van der Waals surface area contributed by atoms with Crippen LogP contribution in [0.3, 0.4) is 0 Å². The Kier molecular flexibility index (Phi) is 4.49. The average Bonchev–Trinajstić information content (AvgIpc) is 3.42. The van der Waals surface area contributed by atoms with Gasteiger partial charge in [0.2, 0.25) is 0 Å². The molecule has 5 rings (SSSR count). The number of ketones is 1. The minimum Gasteiger partial charge on any atom is -0.390 e. The molecule has 0 saturated heterocycles. The van der Waals surface area contributed by atoms with E-state index in [1.807, 2.05) is 0 Å². The van der Waals surface area contributed by atoms with E-state index in [2.05, 4.69) is 29.8 Å². The van der Waals surface area contributed by atoms with Crippen LogP contribution in [0.4, 0.5) is 0 Å². The molecule has 5 saturated carbocycles. The average molecular weight is 435 g/mol. The van der Waals surface area contributed by atoms with Crippen LogP contribution in [0.5, 0.6) is 0 Å². The first-order valence-corrected chi connectivity index (χ1v) is 12.5. The van der Waals surface area contributed by atoms with E-state index in [-0.39, 0.29) is 11.3 Å². The maximum atomic E-state index is 12.8. The van der Waals surface area contributed by atoms with Crippen LogP contribution in [-0.4, -0.2) is 21.8 Å². The Labute approximate surface area is 172 Å². The molecule has 0 aliphatic heterocycles. The highest BCUT2D eigenvalue weighted by Gasteiger charge is 2.61. The summed E-state index contributed by atoms with van der Waals surface area (Å²) in [6.45, 7) is 4.52. The van der Waals surface area contributed by atoms with Crippen LogP contribution in [0.15, 0.2) is 11.1 Å². The van der Waals surface area contributed by atoms with Gasteiger partial charge in [0.25, 0.3) is 0 Å². The molecule has 5 aliphatic rings. The van der Waals surface area contributed by atoms with Gasteiger partial charge in [-0.25, -0.2) is 0 Å². The second-order valence-electron chi connectivity index (χ2n) is 11.1. The Morgan fingerprint density at radius 1 is 1.07 bits per heavy atom. The van der Waals surface area contributed by atoms with Crippen molar-refractivity contribution in [1.82, 2.24) is 0 Å². The second-order valence-corrected chi connectivity index (χ2v) is 11.6. The zero-order valence-corrected chi connectivity index (χ0v) is 18.6. The number of Topliss-reactive ketones (excluding diaryl/α,β-unsaturated/α-hetero) is 1. The molecule has 0 heterocycles. The molecule has 3 heteroatoms. The number of carbonyl (C=O) groups excluding carboxylic acids is 1. The number of hydrogen-bond donors (Lipinski definition) is 1. The van der Waals surface area contributed by atoms with Crippen molar-refractivity contribution in [2.45, 2.75) is 83.7 Å². The molecule has 0 bridgehead atoms. The van der Waals surface area contributed by atoms with Crippen LogP contribution in [-0.2, 0) is 4.79 Å². The molecule has 8 atom stereocenters. The molecule has 0 aromatic carbocycles. The van der Waals surface area contributed by atoms with Crippen molar-refractivity contribution < 1.29 is 9.90 Å². The number of allylic oxidation sites excluding steroid dienone is 2. The highest BCUT2D eigenvalue weighted by atomic mass is 79.9. The zero-order valence-electron chi connectivity index (χ0n) is 17.0. The first kappa shape index (κ1) is 18.9. The van der Waals surface area contributed by atoms with Crippen LogP contribution in [0.25, 0.3) is 0 Å². The molecule has 0 aromatic rings. The summed E-state index contributed by atoms with van der Waals surface area (Å²) in [4.78, 5) is 12.8. The van der Waals surface area contributed by atoms with Gasteiger partial charge < -0.3 is 5.11 Å². The van der Waals surface area contributed by atoms with E-state index in [0.717, 1.165) is 42.9 Å². The third-order valence-electron chi connectivity index (χ3n) is 9.52. The number of aliphatic hydroxyl groups is 1. The van der Waals surface area contributed by atoms with E-state index in [0.29, 0.717) is 17.0 Å². The molecule has 0 radical (unpaired) electrons. The Morgan fingerprint density at radius 2 is 1.81 bits per heavy atom. The first-order valence-electron chi connectivity index (χ1n) is 11.4. The van der Waals surface area contributed by atoms with Gasteiger partial charge in [0, 0.05) is 5.92 Å². The Balaban J connectivity index is 1.47. The molecule has 2 unspecified atom stereocenters. The first-order chi connectivity index (χ1) is 12.8. The van der Waals surface area contributed by atoms with Crippen molar-refractivity contribution in [3.05, 3.63) is 11.1 Å². The lowest BCUT2D eigenvalue weighted by Gasteiger charge is -2.57. The molecule has 0 amide bonds. The Bertz CT molecular complexity index is 674. The van der Waals surface area contributed by atoms with Gasteiger partial charge in [-0.2, -0.15) is 0 Å². The lowest BCUT2D eigenvalue weighted by Crippen LogP contribution is -2.51. The topological polar surface area (TPSA) is 37.3 Å². The Morgan fingerprint density at radius 3 is 2.52 bits per heavy atom. The van der Waals surface area contributed by atoms with Crippen molar-refractivity contribution >= 4 is 21.7 Å². The zero-order chi connectivity index (χ0) is 19.0. The number of rotatable bonds is 2. The molecule has 150 valence electrons. The highest BCUT2D eigenvalue weighted by Crippen LogP contribution is 2.67. The van der Waals surface area contributed by atoms with Gasteiger partial charge in [0.15, 0.2) is 0 Å². The van der Waals surface area contributed by atoms with Crippen LogP contribution in [0.1, 0.15) is 78.1 Å². The van der Waals surface area contributed by atoms with E-state index < -0.39 is 5.60 Å². The van der Waals surface area contributed by atoms with Crippen molar-refractivity contribution in [1.29, 1.82) is 0 Å². The van der Waals surface area contributed by atoms with E-state index in [1.54, 1.807) is 11.1 Å². The lowest BCUT2D eigenvalue weighted by atomic mass is 9.48. The summed E-state index contributed by atoms with van der Waals surface area (Å²) >= 11 is 3.47. The molecule has 27 heavy (non-hydrogen) atoms. The summed E-state index contributed by atoms with van der Waals surface area (Å²) in [5.41, 5.74) is 3.21. The van der Waals surface area contributed by atoms with Crippen LogP contribution >= 0.6 is 15.9 Å². The van der Waals surface area contributed by atoms with Crippen molar-refractivity contribution in [2.24, 2.45) is 40.9 Å². The smallest absolute Gasteiger partial charge is 0.147 e. The second kappa shape index (κ2) is 6.42. The van der Waals surface area contributed by atoms with Gasteiger partial charge in [-0.1, -0.05) is 34.0 Å². The van der Waals surface area contributed by atoms with E-state index in [4.69, 9.17) is 0 Å². The summed E-state index contributed by atoms with van der Waals surface area (Å²) in [5.74, 6) is 4.55. The predicted octanol–water partition coefficient (Wildman–Crippen LogP) is 5.67. The van der Waals surface area contributed by atoms with Crippen molar-refractivity contribution in [3.63, 3.8) is 0 Å². The Hall–Kier alpha value is -0.150. The van der Waals surface area contributed by atoms with Crippen molar-refractivity contribution in [2.75, 3.05) is 5.33 Å². The fourth-order valence-corrected chi connectivity index (χ4v) is 8.65. The SMILES string of the molecule is C[C@@]1(O)CC[C@H]2C(CCC3[C@@H]2CC[C@]2(C)[C@@H](C(=O)CBr)CC(=C4CC4)[C@@H]32)C1. The summed E-state index contributed by atoms with van der Waals surface area (Å²) in [6.07, 6.45) is 12.0. The minimum atomic E-state index is -0.431. The molecule has 0 spiro atoms. The van der Waals surface area contributed by atoms with Gasteiger partial charge >= 0.3 is 0 Å². The van der Waals surface area contributed by atoms with Gasteiger partial charge in [0.05, 0.1) is 10.9 Å². The molecule has 5 aliphatic carbocycles. The van der Waals surface area contributed by atoms with Gasteiger partial charge in [-0.15, -0.1) is 0 Å². The van der Waals surface area contributed by atoms with Crippen LogP contribution in [0, 0.1) is 40.9 Å². The fourth-order valence-electron chi connectivity index (χ4n) is 8.26. The monoisotopic (exact) mass is 434 g/mol. The molecule has 2 nitrogen and oxygen atoms in total. The molecule has 0 aromatic heterocycles. The maximum absolute atomic E-state index is 12.8. The fraction of sp³-hybridized carbons (Fsp3) is 0.875. The largest absolute Gasteiger partial charge is 0.390 e. The third kappa shape index (κ3) is 2.93. The number of fused-ring (bicyclic) bond motifs is 5. The van der Waals surface area contributed by atoms with E-state index >= 15 is 0 Å². The molecular weight excluding hydrogens is 400 g/mol. The predicted molar refractivity (Wildman–Crippen MR) is 112 cm³/mol. The standard InChI is InChI=1S/C24H35BrO2/c1-23(27)9-7-16-15(12-23)5-6-18-17(16)8-10-24(2)20(21(26)13-25)11-19(22(18)24)14-3-4-14/h15-18,20,22,27H,3-13H2,1-2H3/t15?,16-,17+,18?,20+,22+,23+,24+/m0/s1. The quantitative estimate of drug-likeness (QED) is 0.448. The summed E-state index contributed by atoms with van der Waals surface area (Å²) in [6, 6.07) is 0. The highest BCUT2D eigenvalue weighted by molar-refractivity contribution is 9.09. The molecule has 1 N–H and O–H groups in total. The van der Waals surface area contributed by atoms with Crippen molar-refractivity contribution in [3.8, 4) is 0 Å². The summed E-state index contributed by atoms with van der Waals surface area (Å²) in [7, 11) is 0. The van der Waals surface area contributed by atoms with E-state index in [9.17, 15) is 9.90 Å². The third-order valence-corrected chi connectivity index (χ3v) is 10.1. The lowest BCUT2D eigenvalue weighted by molar-refractivity contribution is -0.129. The van der Waals surface area contributed by atoms with Crippen LogP contribution in [0.2, 0.25) is 0 Å². The van der Waals surface area contributed by atoms with E-state index in [1.165, 1.54) is 44.9 Å². The normalized spacial score (nSPS) is 51.4. The summed E-state index contributed by atoms with van der Waals surface area (Å²) < 4.78 is 0.